The molecule has 1 saturated heterocycles. The van der Waals surface area contributed by atoms with Gasteiger partial charge < -0.3 is 9.64 Å². The molecule has 1 heterocycles. The van der Waals surface area contributed by atoms with Gasteiger partial charge in [-0.1, -0.05) is 83.1 Å². The third-order valence-electron chi connectivity index (χ3n) is 7.00. The van der Waals surface area contributed by atoms with E-state index in [0.717, 1.165) is 12.2 Å². The molecule has 0 amide bonds. The summed E-state index contributed by atoms with van der Waals surface area (Å²) in [5.41, 5.74) is 6.56. The van der Waals surface area contributed by atoms with Gasteiger partial charge in [-0.25, -0.2) is 0 Å². The van der Waals surface area contributed by atoms with Gasteiger partial charge in [0.05, 0.1) is 0 Å². The number of ether oxygens (including phenoxy) is 1. The Morgan fingerprint density at radius 1 is 0.909 bits per heavy atom. The number of benzene rings is 3. The number of para-hydroxylation sites is 1. The van der Waals surface area contributed by atoms with E-state index in [1.807, 2.05) is 0 Å². The van der Waals surface area contributed by atoms with Crippen LogP contribution in [0.1, 0.15) is 61.8 Å². The van der Waals surface area contributed by atoms with Crippen molar-refractivity contribution in [2.75, 3.05) is 18.0 Å². The Hall–Kier alpha value is -2.31. The molecule has 0 N–H and O–H groups in total. The van der Waals surface area contributed by atoms with Crippen molar-refractivity contribution in [1.29, 1.82) is 0 Å². The third kappa shape index (κ3) is 5.61. The summed E-state index contributed by atoms with van der Waals surface area (Å²) in [4.78, 5) is 2.62. The van der Waals surface area contributed by atoms with E-state index in [-0.39, 0.29) is 5.16 Å². The van der Waals surface area contributed by atoms with Gasteiger partial charge in [-0.05, 0) is 67.6 Å². The molecule has 3 heteroatoms. The Kier molecular flexibility index (Phi) is 7.76. The third-order valence-corrected chi connectivity index (χ3v) is 8.87. The number of rotatable bonds is 8. The second-order valence-corrected chi connectivity index (χ2v) is 11.5. The molecule has 0 aromatic heterocycles. The lowest BCUT2D eigenvalue weighted by Crippen LogP contribution is -2.33. The van der Waals surface area contributed by atoms with E-state index < -0.39 is 0 Å². The first-order chi connectivity index (χ1) is 16.0. The second-order valence-electron chi connectivity index (χ2n) is 9.60. The molecule has 0 spiro atoms. The van der Waals surface area contributed by atoms with Crippen molar-refractivity contribution < 1.29 is 4.74 Å². The number of aryl methyl sites for hydroxylation is 2. The topological polar surface area (TPSA) is 12.5 Å². The summed E-state index contributed by atoms with van der Waals surface area (Å²) in [6, 6.07) is 24.2. The highest BCUT2D eigenvalue weighted by Gasteiger charge is 2.31. The molecule has 174 valence electrons. The number of nitrogens with zero attached hydrogens (tertiary/aromatic N) is 1. The van der Waals surface area contributed by atoms with Crippen molar-refractivity contribution in [3.8, 4) is 5.75 Å². The molecular weight excluding hydrogens is 421 g/mol. The molecule has 3 aromatic carbocycles. The van der Waals surface area contributed by atoms with Gasteiger partial charge in [0.25, 0.3) is 0 Å². The van der Waals surface area contributed by atoms with Crippen molar-refractivity contribution in [3.63, 3.8) is 0 Å². The van der Waals surface area contributed by atoms with Crippen molar-refractivity contribution in [2.24, 2.45) is 0 Å². The number of anilines is 1. The molecule has 2 atom stereocenters. The smallest absolute Gasteiger partial charge is 0.126 e. The molecule has 1 aliphatic heterocycles. The molecule has 33 heavy (non-hydrogen) atoms. The summed E-state index contributed by atoms with van der Waals surface area (Å²) < 4.78 is 6.50. The SMILES string of the molecule is CCC(C)(Pc1ccc(C)cc1N1CCCCC1)c1cccc(C)c1OCc1ccccc1. The lowest BCUT2D eigenvalue weighted by Gasteiger charge is -2.35. The highest BCUT2D eigenvalue weighted by molar-refractivity contribution is 7.49. The van der Waals surface area contributed by atoms with Crippen LogP contribution < -0.4 is 14.9 Å². The Morgan fingerprint density at radius 2 is 1.67 bits per heavy atom. The van der Waals surface area contributed by atoms with E-state index in [2.05, 4.69) is 99.3 Å². The number of hydrogen-bond acceptors (Lipinski definition) is 2. The molecule has 3 aromatic rings. The molecule has 0 aliphatic carbocycles. The fourth-order valence-corrected chi connectivity index (χ4v) is 6.42. The zero-order chi connectivity index (χ0) is 23.3. The first kappa shape index (κ1) is 23.8. The second kappa shape index (κ2) is 10.7. The molecule has 2 unspecified atom stereocenters. The van der Waals surface area contributed by atoms with Gasteiger partial charge in [-0.3, -0.25) is 0 Å². The van der Waals surface area contributed by atoms with Crippen LogP contribution in [0.25, 0.3) is 0 Å². The van der Waals surface area contributed by atoms with E-state index in [0.29, 0.717) is 15.2 Å². The minimum atomic E-state index is 0.0256. The van der Waals surface area contributed by atoms with Gasteiger partial charge in [0, 0.05) is 29.5 Å². The monoisotopic (exact) mass is 459 g/mol. The summed E-state index contributed by atoms with van der Waals surface area (Å²) >= 11 is 0. The summed E-state index contributed by atoms with van der Waals surface area (Å²) in [5, 5.41) is 1.51. The molecule has 1 aliphatic rings. The van der Waals surface area contributed by atoms with Crippen molar-refractivity contribution in [3.05, 3.63) is 89.0 Å². The van der Waals surface area contributed by atoms with E-state index in [9.17, 15) is 0 Å². The molecular formula is C30H38NOP. The first-order valence-corrected chi connectivity index (χ1v) is 13.4. The van der Waals surface area contributed by atoms with Crippen molar-refractivity contribution in [2.45, 2.75) is 65.1 Å². The van der Waals surface area contributed by atoms with Crippen LogP contribution in [0.2, 0.25) is 0 Å². The van der Waals surface area contributed by atoms with Crippen LogP contribution in [0, 0.1) is 13.8 Å². The molecule has 1 fully saturated rings. The van der Waals surface area contributed by atoms with E-state index in [1.165, 1.54) is 65.6 Å². The van der Waals surface area contributed by atoms with E-state index in [1.54, 1.807) is 0 Å². The minimum absolute atomic E-state index is 0.0256. The molecule has 0 bridgehead atoms. The molecule has 4 rings (SSSR count). The quantitative estimate of drug-likeness (QED) is 0.323. The normalized spacial score (nSPS) is 16.2. The molecule has 2 nitrogen and oxygen atoms in total. The van der Waals surface area contributed by atoms with Crippen molar-refractivity contribution in [1.82, 2.24) is 0 Å². The van der Waals surface area contributed by atoms with Crippen LogP contribution in [0.4, 0.5) is 5.69 Å². The average Bonchev–Trinajstić information content (AvgIpc) is 2.85. The van der Waals surface area contributed by atoms with Gasteiger partial charge in [0.2, 0.25) is 0 Å². The predicted molar refractivity (Wildman–Crippen MR) is 145 cm³/mol. The standard InChI is InChI=1S/C30H38NOP/c1-5-30(4,33-28-18-17-23(2)21-27(28)31-19-10-7-11-20-31)26-16-12-13-24(3)29(26)32-22-25-14-8-6-9-15-25/h6,8-9,12-18,21,33H,5,7,10-11,19-20,22H2,1-4H3. The Morgan fingerprint density at radius 3 is 2.39 bits per heavy atom. The van der Waals surface area contributed by atoms with Gasteiger partial charge >= 0.3 is 0 Å². The molecule has 0 saturated carbocycles. The number of piperidine rings is 1. The Labute approximate surface area is 202 Å². The average molecular weight is 460 g/mol. The number of hydrogen-bond donors (Lipinski definition) is 0. The maximum Gasteiger partial charge on any atom is 0.126 e. The first-order valence-electron chi connectivity index (χ1n) is 12.4. The van der Waals surface area contributed by atoms with Crippen LogP contribution in [-0.2, 0) is 11.8 Å². The fraction of sp³-hybridized carbons (Fsp3) is 0.400. The van der Waals surface area contributed by atoms with Gasteiger partial charge in [0.1, 0.15) is 12.4 Å². The largest absolute Gasteiger partial charge is 0.488 e. The van der Waals surface area contributed by atoms with Crippen LogP contribution in [0.3, 0.4) is 0 Å². The highest BCUT2D eigenvalue weighted by Crippen LogP contribution is 2.49. The zero-order valence-electron chi connectivity index (χ0n) is 20.7. The van der Waals surface area contributed by atoms with Crippen LogP contribution in [-0.4, -0.2) is 13.1 Å². The highest BCUT2D eigenvalue weighted by atomic mass is 31.1. The van der Waals surface area contributed by atoms with E-state index >= 15 is 0 Å². The Bertz CT molecular complexity index is 1060. The maximum absolute atomic E-state index is 6.50. The van der Waals surface area contributed by atoms with E-state index in [4.69, 9.17) is 4.74 Å². The lowest BCUT2D eigenvalue weighted by atomic mass is 9.94. The summed E-state index contributed by atoms with van der Waals surface area (Å²) in [6.07, 6.45) is 5.04. The zero-order valence-corrected chi connectivity index (χ0v) is 21.7. The Balaban J connectivity index is 1.66. The minimum Gasteiger partial charge on any atom is -0.488 e. The van der Waals surface area contributed by atoms with Gasteiger partial charge in [0.15, 0.2) is 0 Å². The summed E-state index contributed by atoms with van der Waals surface area (Å²) in [7, 11) is 0.688. The van der Waals surface area contributed by atoms with Crippen molar-refractivity contribution >= 4 is 19.6 Å². The predicted octanol–water partition coefficient (Wildman–Crippen LogP) is 7.50. The van der Waals surface area contributed by atoms with Gasteiger partial charge in [-0.2, -0.15) is 0 Å². The van der Waals surface area contributed by atoms with Crippen LogP contribution in [0.15, 0.2) is 66.7 Å². The van der Waals surface area contributed by atoms with Gasteiger partial charge in [-0.15, -0.1) is 0 Å². The summed E-state index contributed by atoms with van der Waals surface area (Å²) in [6.45, 7) is 12.1. The van der Waals surface area contributed by atoms with Crippen LogP contribution >= 0.6 is 8.58 Å². The maximum atomic E-state index is 6.50. The lowest BCUT2D eigenvalue weighted by molar-refractivity contribution is 0.297. The van der Waals surface area contributed by atoms with Crippen LogP contribution in [0.5, 0.6) is 5.75 Å². The molecule has 0 radical (unpaired) electrons. The fourth-order valence-electron chi connectivity index (χ4n) is 4.80. The summed E-state index contributed by atoms with van der Waals surface area (Å²) in [5.74, 6) is 1.06.